The molecule has 15 nitrogen and oxygen atoms in total. The van der Waals surface area contributed by atoms with Crippen molar-refractivity contribution in [3.05, 3.63) is 71.9 Å². The monoisotopic (exact) mass is 795 g/mol. The van der Waals surface area contributed by atoms with Crippen molar-refractivity contribution in [2.24, 2.45) is 11.5 Å². The van der Waals surface area contributed by atoms with Gasteiger partial charge in [-0.05, 0) is 68.8 Å². The fourth-order valence-corrected chi connectivity index (χ4v) is 6.85. The first-order valence-corrected chi connectivity index (χ1v) is 19.9. The van der Waals surface area contributed by atoms with Crippen LogP contribution < -0.4 is 43.4 Å². The molecule has 0 saturated carbocycles. The van der Waals surface area contributed by atoms with Gasteiger partial charge in [-0.2, -0.15) is 25.3 Å². The van der Waals surface area contributed by atoms with Gasteiger partial charge >= 0.3 is 0 Å². The van der Waals surface area contributed by atoms with E-state index < -0.39 is 71.7 Å². The lowest BCUT2D eigenvalue weighted by atomic mass is 10.0. The molecular weight excluding hydrogens is 743 g/mol. The van der Waals surface area contributed by atoms with Gasteiger partial charge in [0.2, 0.25) is 35.4 Å². The molecular formula is C38H53N9O6S2. The SMILES string of the molecule is NCCCC[C@@H]1NC(=O)[C@H](CS)NC(=O)[C@H](Cc2ccccc2)NC(=O)[C@H](CCCCN)NC(=O)[C@H](Cc2c[nH]c3ccccc23)NC(=O)[C@H](CS)NC1=O. The van der Waals surface area contributed by atoms with E-state index in [0.29, 0.717) is 38.8 Å². The largest absolute Gasteiger partial charge is 0.361 e. The van der Waals surface area contributed by atoms with Gasteiger partial charge in [-0.25, -0.2) is 0 Å². The Labute approximate surface area is 331 Å². The molecule has 6 atom stereocenters. The minimum Gasteiger partial charge on any atom is -0.361 e. The standard InChI is InChI=1S/C38H53N9O6S2/c39-16-8-6-14-27-33(48)44-29(18-23-10-2-1-3-11-23)35(50)47-31(21-54)37(52)43-28(15-7-9-17-40)34(49)46-32(22-55)38(53)45-30(36(51)42-27)19-24-20-41-26-13-5-4-12-25(24)26/h1-5,10-13,20,27-32,41,54-55H,6-9,14-19,21-22,39-40H2,(H,42,51)(H,43,52)(H,44,48)(H,45,53)(H,46,49)(H,47,50)/t27-,28-,29-,30-,31-,32-/m0/s1. The molecule has 0 spiro atoms. The molecule has 1 aliphatic rings. The smallest absolute Gasteiger partial charge is 0.244 e. The van der Waals surface area contributed by atoms with E-state index in [4.69, 9.17) is 11.5 Å². The summed E-state index contributed by atoms with van der Waals surface area (Å²) < 4.78 is 0. The molecule has 0 bridgehead atoms. The third kappa shape index (κ3) is 12.7. The van der Waals surface area contributed by atoms with Gasteiger partial charge in [0.15, 0.2) is 0 Å². The first-order valence-electron chi connectivity index (χ1n) is 18.6. The Kier molecular flexibility index (Phi) is 17.3. The summed E-state index contributed by atoms with van der Waals surface area (Å²) in [4.78, 5) is 86.6. The van der Waals surface area contributed by atoms with Gasteiger partial charge in [0.05, 0.1) is 0 Å². The maximum absolute atomic E-state index is 14.2. The number of unbranched alkanes of at least 4 members (excludes halogenated alkanes) is 2. The summed E-state index contributed by atoms with van der Waals surface area (Å²) in [6.45, 7) is 0.722. The lowest BCUT2D eigenvalue weighted by Crippen LogP contribution is -2.62. The molecule has 17 heteroatoms. The van der Waals surface area contributed by atoms with Crippen molar-refractivity contribution in [3.8, 4) is 0 Å². The molecule has 0 unspecified atom stereocenters. The van der Waals surface area contributed by atoms with Crippen LogP contribution in [0.25, 0.3) is 10.9 Å². The van der Waals surface area contributed by atoms with Crippen LogP contribution in [-0.2, 0) is 41.6 Å². The second kappa shape index (κ2) is 22.1. The second-order valence-corrected chi connectivity index (χ2v) is 14.3. The number of H-pyrrole nitrogens is 1. The first kappa shape index (κ1) is 43.2. The minimum atomic E-state index is -1.20. The number of nitrogens with one attached hydrogen (secondary N) is 7. The molecule has 0 aliphatic carbocycles. The van der Waals surface area contributed by atoms with E-state index in [2.05, 4.69) is 62.1 Å². The van der Waals surface area contributed by atoms with Gasteiger partial charge in [-0.3, -0.25) is 28.8 Å². The number of thiol groups is 2. The topological polar surface area (TPSA) is 242 Å². The molecule has 4 rings (SSSR count). The summed E-state index contributed by atoms with van der Waals surface area (Å²) in [6, 6.07) is 9.52. The van der Waals surface area contributed by atoms with Crippen molar-refractivity contribution in [2.45, 2.75) is 87.6 Å². The van der Waals surface area contributed by atoms with Crippen LogP contribution in [0.2, 0.25) is 0 Å². The quantitative estimate of drug-likeness (QED) is 0.0782. The Morgan fingerprint density at radius 1 is 0.491 bits per heavy atom. The summed E-state index contributed by atoms with van der Waals surface area (Å²) in [5.41, 5.74) is 13.7. The fraction of sp³-hybridized carbons (Fsp3) is 0.474. The van der Waals surface area contributed by atoms with Gasteiger partial charge in [0.25, 0.3) is 0 Å². The summed E-state index contributed by atoms with van der Waals surface area (Å²) in [5.74, 6) is -4.23. The number of carbonyl (C=O) groups excluding carboxylic acids is 6. The summed E-state index contributed by atoms with van der Waals surface area (Å²) in [6.07, 6.45) is 4.32. The lowest BCUT2D eigenvalue weighted by molar-refractivity contribution is -0.136. The average Bonchev–Trinajstić information content (AvgIpc) is 3.59. The maximum Gasteiger partial charge on any atom is 0.244 e. The number of amides is 6. The Balaban J connectivity index is 1.75. The van der Waals surface area contributed by atoms with Crippen LogP contribution in [-0.4, -0.2) is 101 Å². The molecule has 2 aromatic carbocycles. The molecule has 1 saturated heterocycles. The number of hydrogen-bond acceptors (Lipinski definition) is 10. The number of rotatable bonds is 14. The number of hydrogen-bond donors (Lipinski definition) is 11. The van der Waals surface area contributed by atoms with Crippen molar-refractivity contribution in [2.75, 3.05) is 24.6 Å². The maximum atomic E-state index is 14.2. The van der Waals surface area contributed by atoms with E-state index in [1.807, 2.05) is 30.3 Å². The number of aromatic amines is 1. The van der Waals surface area contributed by atoms with Gasteiger partial charge in [-0.1, -0.05) is 48.5 Å². The fourth-order valence-electron chi connectivity index (χ4n) is 6.33. The number of para-hydroxylation sites is 1. The van der Waals surface area contributed by atoms with Crippen molar-refractivity contribution >= 4 is 71.6 Å². The van der Waals surface area contributed by atoms with E-state index in [0.717, 1.165) is 22.0 Å². The Bertz CT molecular complexity index is 1760. The zero-order chi connectivity index (χ0) is 39.7. The van der Waals surface area contributed by atoms with Crippen molar-refractivity contribution < 1.29 is 28.8 Å². The molecule has 3 aromatic rings. The van der Waals surface area contributed by atoms with Crippen LogP contribution in [0.5, 0.6) is 0 Å². The minimum absolute atomic E-state index is 0.0356. The molecule has 11 N–H and O–H groups in total. The number of nitrogens with two attached hydrogens (primary N) is 2. The molecule has 1 aliphatic heterocycles. The molecule has 2 heterocycles. The van der Waals surface area contributed by atoms with Crippen LogP contribution in [0.15, 0.2) is 60.8 Å². The van der Waals surface area contributed by atoms with E-state index >= 15 is 0 Å². The second-order valence-electron chi connectivity index (χ2n) is 13.6. The van der Waals surface area contributed by atoms with E-state index in [1.54, 1.807) is 30.5 Å². The Morgan fingerprint density at radius 3 is 1.42 bits per heavy atom. The number of benzene rings is 2. The highest BCUT2D eigenvalue weighted by molar-refractivity contribution is 7.80. The zero-order valence-corrected chi connectivity index (χ0v) is 32.5. The molecule has 6 amide bonds. The molecule has 298 valence electrons. The Morgan fingerprint density at radius 2 is 0.909 bits per heavy atom. The van der Waals surface area contributed by atoms with Crippen LogP contribution >= 0.6 is 25.3 Å². The zero-order valence-electron chi connectivity index (χ0n) is 30.7. The summed E-state index contributed by atoms with van der Waals surface area (Å²) in [7, 11) is 0. The van der Waals surface area contributed by atoms with Crippen molar-refractivity contribution in [1.82, 2.24) is 36.9 Å². The predicted molar refractivity (Wildman–Crippen MR) is 217 cm³/mol. The molecule has 0 radical (unpaired) electrons. The van der Waals surface area contributed by atoms with E-state index in [1.165, 1.54) is 0 Å². The van der Waals surface area contributed by atoms with Crippen molar-refractivity contribution in [1.29, 1.82) is 0 Å². The molecule has 1 aromatic heterocycles. The predicted octanol–water partition coefficient (Wildman–Crippen LogP) is -0.00690. The Hall–Kier alpha value is -4.58. The van der Waals surface area contributed by atoms with E-state index in [-0.39, 0.29) is 37.2 Å². The third-order valence-corrected chi connectivity index (χ3v) is 10.2. The van der Waals surface area contributed by atoms with Crippen LogP contribution in [0.3, 0.4) is 0 Å². The average molecular weight is 796 g/mol. The van der Waals surface area contributed by atoms with Gasteiger partial charge in [-0.15, -0.1) is 0 Å². The molecule has 1 fully saturated rings. The van der Waals surface area contributed by atoms with Gasteiger partial charge in [0.1, 0.15) is 36.3 Å². The van der Waals surface area contributed by atoms with Crippen LogP contribution in [0.4, 0.5) is 0 Å². The van der Waals surface area contributed by atoms with Crippen molar-refractivity contribution in [3.63, 3.8) is 0 Å². The van der Waals surface area contributed by atoms with Crippen LogP contribution in [0.1, 0.15) is 49.7 Å². The number of aromatic nitrogens is 1. The summed E-state index contributed by atoms with van der Waals surface area (Å²) in [5, 5.41) is 17.3. The lowest BCUT2D eigenvalue weighted by Gasteiger charge is -2.29. The van der Waals surface area contributed by atoms with Crippen LogP contribution in [0, 0.1) is 0 Å². The molecule has 55 heavy (non-hydrogen) atoms. The summed E-state index contributed by atoms with van der Waals surface area (Å²) >= 11 is 8.63. The van der Waals surface area contributed by atoms with E-state index in [9.17, 15) is 28.8 Å². The van der Waals surface area contributed by atoms with Gasteiger partial charge in [0, 0.05) is 41.4 Å². The first-order chi connectivity index (χ1) is 26.6. The third-order valence-electron chi connectivity index (χ3n) is 9.44. The number of fused-ring (bicyclic) bond motifs is 1. The highest BCUT2D eigenvalue weighted by atomic mass is 32.1. The number of carbonyl (C=O) groups is 6. The van der Waals surface area contributed by atoms with Gasteiger partial charge < -0.3 is 48.4 Å². The highest BCUT2D eigenvalue weighted by Gasteiger charge is 2.35. The normalized spacial score (nSPS) is 23.4. The highest BCUT2D eigenvalue weighted by Crippen LogP contribution is 2.20.